The quantitative estimate of drug-likeness (QED) is 0.148. The first kappa shape index (κ1) is 25.5. The molecule has 0 radical (unpaired) electrons. The lowest BCUT2D eigenvalue weighted by molar-refractivity contribution is 0.0728. The van der Waals surface area contributed by atoms with Gasteiger partial charge in [0.05, 0.1) is 5.56 Å². The fourth-order valence-corrected chi connectivity index (χ4v) is 3.84. The number of esters is 1. The van der Waals surface area contributed by atoms with Crippen LogP contribution in [0.1, 0.15) is 86.7 Å². The number of benzene rings is 2. The Hall–Kier alpha value is -3.08. The van der Waals surface area contributed by atoms with E-state index in [0.29, 0.717) is 11.4 Å². The van der Waals surface area contributed by atoms with Gasteiger partial charge in [0.25, 0.3) is 0 Å². The van der Waals surface area contributed by atoms with Crippen molar-refractivity contribution in [2.24, 2.45) is 0 Å². The number of aromatic nitrogens is 2. The highest BCUT2D eigenvalue weighted by atomic mass is 19.1. The zero-order chi connectivity index (χ0) is 24.2. The maximum atomic E-state index is 14.4. The van der Waals surface area contributed by atoms with Crippen molar-refractivity contribution in [1.29, 1.82) is 0 Å². The molecule has 4 nitrogen and oxygen atoms in total. The van der Waals surface area contributed by atoms with E-state index in [4.69, 9.17) is 4.74 Å². The largest absolute Gasteiger partial charge is 0.420 e. The van der Waals surface area contributed by atoms with Crippen molar-refractivity contribution in [3.63, 3.8) is 0 Å². The van der Waals surface area contributed by atoms with E-state index in [1.165, 1.54) is 44.2 Å². The molecule has 0 saturated heterocycles. The van der Waals surface area contributed by atoms with Crippen molar-refractivity contribution in [3.8, 4) is 17.1 Å². The van der Waals surface area contributed by atoms with Gasteiger partial charge in [-0.2, -0.15) is 0 Å². The summed E-state index contributed by atoms with van der Waals surface area (Å²) in [5, 5.41) is 0. The summed E-state index contributed by atoms with van der Waals surface area (Å²) in [7, 11) is 0. The van der Waals surface area contributed by atoms with E-state index >= 15 is 0 Å². The van der Waals surface area contributed by atoms with Crippen LogP contribution < -0.4 is 4.74 Å². The number of nitrogens with zero attached hydrogens (tertiary/aromatic N) is 2. The molecule has 34 heavy (non-hydrogen) atoms. The molecule has 5 heteroatoms. The number of aryl methyl sites for hydroxylation is 2. The Morgan fingerprint density at radius 2 is 1.41 bits per heavy atom. The molecule has 3 aromatic rings. The van der Waals surface area contributed by atoms with Crippen LogP contribution in [0.2, 0.25) is 0 Å². The third-order valence-electron chi connectivity index (χ3n) is 5.92. The first-order valence-corrected chi connectivity index (χ1v) is 12.5. The van der Waals surface area contributed by atoms with Crippen LogP contribution in [0.25, 0.3) is 11.4 Å². The fraction of sp³-hybridized carbons (Fsp3) is 0.414. The molecule has 0 atom stereocenters. The lowest BCUT2D eigenvalue weighted by atomic mass is 10.1. The second-order valence-corrected chi connectivity index (χ2v) is 8.77. The number of halogens is 1. The molecule has 1 aromatic heterocycles. The van der Waals surface area contributed by atoms with Crippen LogP contribution in [0, 0.1) is 5.82 Å². The topological polar surface area (TPSA) is 52.1 Å². The normalized spacial score (nSPS) is 10.9. The van der Waals surface area contributed by atoms with Crippen LogP contribution >= 0.6 is 0 Å². The fourth-order valence-electron chi connectivity index (χ4n) is 3.84. The van der Waals surface area contributed by atoms with Crippen molar-refractivity contribution in [2.75, 3.05) is 0 Å². The van der Waals surface area contributed by atoms with Crippen LogP contribution in [-0.2, 0) is 12.8 Å². The zero-order valence-corrected chi connectivity index (χ0v) is 20.4. The molecule has 180 valence electrons. The lowest BCUT2D eigenvalue weighted by Crippen LogP contribution is -2.09. The summed E-state index contributed by atoms with van der Waals surface area (Å²) in [6.07, 6.45) is 14.9. The molecule has 0 bridgehead atoms. The summed E-state index contributed by atoms with van der Waals surface area (Å²) >= 11 is 0. The van der Waals surface area contributed by atoms with Gasteiger partial charge in [0, 0.05) is 18.0 Å². The molecule has 2 aromatic carbocycles. The van der Waals surface area contributed by atoms with E-state index in [0.717, 1.165) is 48.8 Å². The Labute approximate surface area is 202 Å². The zero-order valence-electron chi connectivity index (χ0n) is 20.4. The highest BCUT2D eigenvalue weighted by molar-refractivity contribution is 5.91. The summed E-state index contributed by atoms with van der Waals surface area (Å²) in [6, 6.07) is 11.7. The van der Waals surface area contributed by atoms with Gasteiger partial charge in [0.2, 0.25) is 0 Å². The van der Waals surface area contributed by atoms with E-state index in [-0.39, 0.29) is 5.75 Å². The van der Waals surface area contributed by atoms with Crippen molar-refractivity contribution >= 4 is 5.97 Å². The molecule has 0 aliphatic heterocycles. The van der Waals surface area contributed by atoms with Crippen molar-refractivity contribution in [1.82, 2.24) is 9.97 Å². The highest BCUT2D eigenvalue weighted by Crippen LogP contribution is 2.22. The van der Waals surface area contributed by atoms with Gasteiger partial charge in [0.1, 0.15) is 0 Å². The average molecular weight is 463 g/mol. The Morgan fingerprint density at radius 3 is 2.00 bits per heavy atom. The minimum Gasteiger partial charge on any atom is -0.420 e. The molecule has 0 unspecified atom stereocenters. The standard InChI is InChI=1S/C29H35FN2O2/c1-3-5-7-9-11-22-13-18-27(26(30)19-22)34-29(33)25-16-14-24(15-17-25)28-31-20-23(21-32-28)12-10-8-6-4-2/h13-21H,3-12H2,1-2H3. The van der Waals surface area contributed by atoms with E-state index in [9.17, 15) is 9.18 Å². The van der Waals surface area contributed by atoms with Crippen LogP contribution in [0.4, 0.5) is 4.39 Å². The van der Waals surface area contributed by atoms with E-state index in [2.05, 4.69) is 23.8 Å². The Kier molecular flexibility index (Phi) is 10.2. The van der Waals surface area contributed by atoms with Gasteiger partial charge in [-0.3, -0.25) is 0 Å². The summed E-state index contributed by atoms with van der Waals surface area (Å²) in [5.74, 6) is -0.548. The Morgan fingerprint density at radius 1 is 0.794 bits per heavy atom. The Bertz CT molecular complexity index is 1030. The van der Waals surface area contributed by atoms with Gasteiger partial charge in [-0.25, -0.2) is 19.2 Å². The molecule has 1 heterocycles. The Balaban J connectivity index is 1.55. The summed E-state index contributed by atoms with van der Waals surface area (Å²) in [6.45, 7) is 4.37. The van der Waals surface area contributed by atoms with Crippen molar-refractivity contribution in [3.05, 3.63) is 77.4 Å². The molecule has 0 fully saturated rings. The van der Waals surface area contributed by atoms with Gasteiger partial charge in [-0.1, -0.05) is 70.6 Å². The van der Waals surface area contributed by atoms with E-state index in [1.54, 1.807) is 24.3 Å². The number of rotatable bonds is 13. The SMILES string of the molecule is CCCCCCc1cnc(-c2ccc(C(=O)Oc3ccc(CCCCCC)cc3F)cc2)nc1. The summed E-state index contributed by atoms with van der Waals surface area (Å²) in [5.41, 5.74) is 3.21. The van der Waals surface area contributed by atoms with Crippen molar-refractivity contribution in [2.45, 2.75) is 78.1 Å². The summed E-state index contributed by atoms with van der Waals surface area (Å²) < 4.78 is 19.7. The molecule has 3 rings (SSSR count). The minimum absolute atomic E-state index is 0.0516. The number of ether oxygens (including phenoxy) is 1. The molecule has 0 N–H and O–H groups in total. The number of hydrogen-bond donors (Lipinski definition) is 0. The van der Waals surface area contributed by atoms with Gasteiger partial charge in [0.15, 0.2) is 17.4 Å². The van der Waals surface area contributed by atoms with Gasteiger partial charge >= 0.3 is 5.97 Å². The minimum atomic E-state index is -0.593. The third kappa shape index (κ3) is 7.75. The second-order valence-electron chi connectivity index (χ2n) is 8.77. The molecule has 0 aliphatic carbocycles. The second kappa shape index (κ2) is 13.6. The van der Waals surface area contributed by atoms with Crippen LogP contribution in [0.5, 0.6) is 5.75 Å². The molecular formula is C29H35FN2O2. The number of carbonyl (C=O) groups excluding carboxylic acids is 1. The summed E-state index contributed by atoms with van der Waals surface area (Å²) in [4.78, 5) is 21.4. The lowest BCUT2D eigenvalue weighted by Gasteiger charge is -2.08. The number of unbranched alkanes of at least 4 members (excludes halogenated alkanes) is 6. The predicted octanol–water partition coefficient (Wildman–Crippen LogP) is 7.75. The van der Waals surface area contributed by atoms with E-state index < -0.39 is 11.8 Å². The molecule has 0 saturated carbocycles. The van der Waals surface area contributed by atoms with Crippen molar-refractivity contribution < 1.29 is 13.9 Å². The van der Waals surface area contributed by atoms with Gasteiger partial charge < -0.3 is 4.74 Å². The third-order valence-corrected chi connectivity index (χ3v) is 5.92. The molecule has 0 amide bonds. The van der Waals surface area contributed by atoms with Crippen LogP contribution in [0.15, 0.2) is 54.9 Å². The molecule has 0 spiro atoms. The van der Waals surface area contributed by atoms with Crippen LogP contribution in [-0.4, -0.2) is 15.9 Å². The molecular weight excluding hydrogens is 427 g/mol. The first-order valence-electron chi connectivity index (χ1n) is 12.5. The maximum Gasteiger partial charge on any atom is 0.343 e. The van der Waals surface area contributed by atoms with E-state index in [1.807, 2.05) is 18.5 Å². The first-order chi connectivity index (χ1) is 16.6. The van der Waals surface area contributed by atoms with Gasteiger partial charge in [-0.05, 0) is 61.1 Å². The van der Waals surface area contributed by atoms with Gasteiger partial charge in [-0.15, -0.1) is 0 Å². The smallest absolute Gasteiger partial charge is 0.343 e. The predicted molar refractivity (Wildman–Crippen MR) is 135 cm³/mol. The molecule has 0 aliphatic rings. The number of carbonyl (C=O) groups is 1. The van der Waals surface area contributed by atoms with Crippen LogP contribution in [0.3, 0.4) is 0 Å². The average Bonchev–Trinajstić information content (AvgIpc) is 2.86. The number of hydrogen-bond acceptors (Lipinski definition) is 4. The maximum absolute atomic E-state index is 14.4. The monoisotopic (exact) mass is 462 g/mol. The highest BCUT2D eigenvalue weighted by Gasteiger charge is 2.13.